The molecule has 0 spiro atoms. The predicted molar refractivity (Wildman–Crippen MR) is 88.5 cm³/mol. The molecule has 122 valence electrons. The summed E-state index contributed by atoms with van der Waals surface area (Å²) in [5.74, 6) is -0.0317. The van der Waals surface area contributed by atoms with E-state index >= 15 is 0 Å². The number of amides is 1. The molecule has 6 nitrogen and oxygen atoms in total. The fraction of sp³-hybridized carbons (Fsp3) is 0.111. The predicted octanol–water partition coefficient (Wildman–Crippen LogP) is 2.10. The number of aromatic nitrogens is 1. The quantitative estimate of drug-likeness (QED) is 0.670. The van der Waals surface area contributed by atoms with Gasteiger partial charge in [0.05, 0.1) is 18.1 Å². The highest BCUT2D eigenvalue weighted by Gasteiger charge is 2.14. The molecule has 3 aromatic rings. The van der Waals surface area contributed by atoms with E-state index in [1.165, 1.54) is 12.3 Å². The smallest absolute Gasteiger partial charge is 0.261 e. The number of pyridine rings is 1. The van der Waals surface area contributed by atoms with Crippen molar-refractivity contribution in [3.8, 4) is 11.5 Å². The van der Waals surface area contributed by atoms with Crippen molar-refractivity contribution in [3.05, 3.63) is 82.3 Å². The summed E-state index contributed by atoms with van der Waals surface area (Å²) in [6, 6.07) is 15.4. The summed E-state index contributed by atoms with van der Waals surface area (Å²) in [6.45, 7) is 0.0161. The Morgan fingerprint density at radius 2 is 1.92 bits per heavy atom. The van der Waals surface area contributed by atoms with Crippen LogP contribution in [0.15, 0.2) is 70.1 Å². The Morgan fingerprint density at radius 3 is 2.58 bits per heavy atom. The maximum atomic E-state index is 12.1. The van der Waals surface area contributed by atoms with E-state index in [0.717, 1.165) is 0 Å². The second-order valence-electron chi connectivity index (χ2n) is 5.23. The zero-order valence-electron chi connectivity index (χ0n) is 12.7. The van der Waals surface area contributed by atoms with E-state index in [2.05, 4.69) is 10.3 Å². The largest absolute Gasteiger partial charge is 0.463 e. The zero-order chi connectivity index (χ0) is 16.9. The number of carbonyl (C=O) groups excluding carboxylic acids is 1. The van der Waals surface area contributed by atoms with E-state index in [-0.39, 0.29) is 12.1 Å². The summed E-state index contributed by atoms with van der Waals surface area (Å²) >= 11 is 0. The Kier molecular flexibility index (Phi) is 4.58. The van der Waals surface area contributed by atoms with Gasteiger partial charge in [0.1, 0.15) is 11.3 Å². The number of hydrogen-bond acceptors (Lipinski definition) is 4. The van der Waals surface area contributed by atoms with Crippen molar-refractivity contribution < 1.29 is 14.3 Å². The summed E-state index contributed by atoms with van der Waals surface area (Å²) < 4.78 is 5.20. The van der Waals surface area contributed by atoms with Gasteiger partial charge in [0, 0.05) is 6.54 Å². The number of hydrogen-bond donors (Lipinski definition) is 3. The number of aliphatic hydroxyl groups excluding tert-OH is 1. The van der Waals surface area contributed by atoms with Crippen molar-refractivity contribution in [2.75, 3.05) is 6.54 Å². The molecule has 0 radical (unpaired) electrons. The highest BCUT2D eigenvalue weighted by molar-refractivity contribution is 5.94. The first-order chi connectivity index (χ1) is 11.6. The average molecular weight is 324 g/mol. The van der Waals surface area contributed by atoms with E-state index in [1.54, 1.807) is 42.5 Å². The molecule has 2 aromatic heterocycles. The minimum atomic E-state index is -0.836. The summed E-state index contributed by atoms with van der Waals surface area (Å²) in [4.78, 5) is 26.8. The number of H-pyrrole nitrogens is 1. The van der Waals surface area contributed by atoms with Crippen LogP contribution in [0, 0.1) is 0 Å². The summed E-state index contributed by atoms with van der Waals surface area (Å²) in [7, 11) is 0. The van der Waals surface area contributed by atoms with E-state index < -0.39 is 17.6 Å². The third-order valence-corrected chi connectivity index (χ3v) is 3.58. The lowest BCUT2D eigenvalue weighted by Crippen LogP contribution is -2.32. The molecule has 0 saturated heterocycles. The standard InChI is InChI=1S/C18H16N2O4/c21-15(12-5-2-1-3-6-12)11-19-17(22)13-8-9-14(20-18(13)23)16-7-4-10-24-16/h1-10,15,21H,11H2,(H,19,22)(H,20,23). The van der Waals surface area contributed by atoms with Crippen molar-refractivity contribution in [2.24, 2.45) is 0 Å². The van der Waals surface area contributed by atoms with Gasteiger partial charge in [0.2, 0.25) is 0 Å². The van der Waals surface area contributed by atoms with E-state index in [9.17, 15) is 14.7 Å². The molecule has 0 aliphatic heterocycles. The SMILES string of the molecule is O=C(NCC(O)c1ccccc1)c1ccc(-c2ccco2)[nH]c1=O. The van der Waals surface area contributed by atoms with Crippen LogP contribution in [-0.4, -0.2) is 22.5 Å². The van der Waals surface area contributed by atoms with Crippen LogP contribution in [0.3, 0.4) is 0 Å². The van der Waals surface area contributed by atoms with Gasteiger partial charge in [-0.1, -0.05) is 30.3 Å². The number of carbonyl (C=O) groups is 1. The lowest BCUT2D eigenvalue weighted by molar-refractivity contribution is 0.0915. The normalized spacial score (nSPS) is 11.9. The molecule has 0 fully saturated rings. The van der Waals surface area contributed by atoms with E-state index in [0.29, 0.717) is 17.0 Å². The molecule has 0 saturated carbocycles. The number of furan rings is 1. The van der Waals surface area contributed by atoms with Crippen LogP contribution in [0.4, 0.5) is 0 Å². The van der Waals surface area contributed by atoms with Crippen molar-refractivity contribution in [1.82, 2.24) is 10.3 Å². The average Bonchev–Trinajstić information content (AvgIpc) is 3.14. The highest BCUT2D eigenvalue weighted by Crippen LogP contribution is 2.15. The van der Waals surface area contributed by atoms with Gasteiger partial charge < -0.3 is 19.8 Å². The summed E-state index contributed by atoms with van der Waals surface area (Å²) in [5, 5.41) is 12.6. The molecule has 0 aliphatic carbocycles. The van der Waals surface area contributed by atoms with Gasteiger partial charge in [-0.15, -0.1) is 0 Å². The Bertz CT molecular complexity index is 870. The Labute approximate surface area is 137 Å². The Hall–Kier alpha value is -3.12. The Morgan fingerprint density at radius 1 is 1.12 bits per heavy atom. The van der Waals surface area contributed by atoms with E-state index in [1.807, 2.05) is 6.07 Å². The third kappa shape index (κ3) is 3.44. The van der Waals surface area contributed by atoms with Gasteiger partial charge in [-0.05, 0) is 29.8 Å². The fourth-order valence-corrected chi connectivity index (χ4v) is 2.31. The lowest BCUT2D eigenvalue weighted by atomic mass is 10.1. The first-order valence-corrected chi connectivity index (χ1v) is 7.43. The van der Waals surface area contributed by atoms with Gasteiger partial charge in [-0.25, -0.2) is 0 Å². The van der Waals surface area contributed by atoms with Gasteiger partial charge in [0.25, 0.3) is 11.5 Å². The number of aromatic amines is 1. The molecule has 3 N–H and O–H groups in total. The number of aliphatic hydroxyl groups is 1. The van der Waals surface area contributed by atoms with Crippen molar-refractivity contribution >= 4 is 5.91 Å². The van der Waals surface area contributed by atoms with Crippen molar-refractivity contribution in [1.29, 1.82) is 0 Å². The van der Waals surface area contributed by atoms with E-state index in [4.69, 9.17) is 4.42 Å². The van der Waals surface area contributed by atoms with Crippen LogP contribution < -0.4 is 10.9 Å². The molecule has 1 amide bonds. The first-order valence-electron chi connectivity index (χ1n) is 7.43. The number of rotatable bonds is 5. The van der Waals surface area contributed by atoms with Crippen LogP contribution in [0.1, 0.15) is 22.0 Å². The van der Waals surface area contributed by atoms with Gasteiger partial charge in [0.15, 0.2) is 0 Å². The summed E-state index contributed by atoms with van der Waals surface area (Å²) in [6.07, 6.45) is 0.663. The molecule has 2 heterocycles. The molecule has 6 heteroatoms. The van der Waals surface area contributed by atoms with Crippen molar-refractivity contribution in [2.45, 2.75) is 6.10 Å². The Balaban J connectivity index is 1.68. The molecular weight excluding hydrogens is 308 g/mol. The molecule has 3 rings (SSSR count). The molecule has 1 atom stereocenters. The maximum absolute atomic E-state index is 12.1. The molecule has 24 heavy (non-hydrogen) atoms. The van der Waals surface area contributed by atoms with Crippen LogP contribution >= 0.6 is 0 Å². The second kappa shape index (κ2) is 6.97. The minimum Gasteiger partial charge on any atom is -0.463 e. The van der Waals surface area contributed by atoms with Crippen molar-refractivity contribution in [3.63, 3.8) is 0 Å². The van der Waals surface area contributed by atoms with Crippen LogP contribution in [0.25, 0.3) is 11.5 Å². The molecule has 0 bridgehead atoms. The third-order valence-electron chi connectivity index (χ3n) is 3.58. The molecule has 1 unspecified atom stereocenters. The summed E-state index contributed by atoms with van der Waals surface area (Å²) in [5.41, 5.74) is 0.645. The molecular formula is C18H16N2O4. The number of nitrogens with one attached hydrogen (secondary N) is 2. The van der Waals surface area contributed by atoms with Crippen LogP contribution in [-0.2, 0) is 0 Å². The van der Waals surface area contributed by atoms with Crippen LogP contribution in [0.2, 0.25) is 0 Å². The molecule has 1 aromatic carbocycles. The fourth-order valence-electron chi connectivity index (χ4n) is 2.31. The highest BCUT2D eigenvalue weighted by atomic mass is 16.3. The van der Waals surface area contributed by atoms with Gasteiger partial charge in [-0.3, -0.25) is 9.59 Å². The monoisotopic (exact) mass is 324 g/mol. The lowest BCUT2D eigenvalue weighted by Gasteiger charge is -2.12. The topological polar surface area (TPSA) is 95.3 Å². The molecule has 0 aliphatic rings. The zero-order valence-corrected chi connectivity index (χ0v) is 12.7. The first kappa shape index (κ1) is 15.8. The van der Waals surface area contributed by atoms with Gasteiger partial charge >= 0.3 is 0 Å². The van der Waals surface area contributed by atoms with Gasteiger partial charge in [-0.2, -0.15) is 0 Å². The number of benzene rings is 1. The maximum Gasteiger partial charge on any atom is 0.261 e. The minimum absolute atomic E-state index is 0.0161. The van der Waals surface area contributed by atoms with Crippen LogP contribution in [0.5, 0.6) is 0 Å². The second-order valence-corrected chi connectivity index (χ2v) is 5.23.